The Morgan fingerprint density at radius 1 is 1.45 bits per heavy atom. The number of carbonyl (C=O) groups excluding carboxylic acids is 1. The number of halogens is 2. The van der Waals surface area contributed by atoms with E-state index in [-0.39, 0.29) is 22.7 Å². The van der Waals surface area contributed by atoms with Crippen LogP contribution in [0.3, 0.4) is 0 Å². The van der Waals surface area contributed by atoms with Gasteiger partial charge in [-0.1, -0.05) is 17.7 Å². The second-order valence-electron chi connectivity index (χ2n) is 4.76. The number of aryl methyl sites for hydroxylation is 1. The van der Waals surface area contributed by atoms with Gasteiger partial charge >= 0.3 is 0 Å². The van der Waals surface area contributed by atoms with E-state index in [4.69, 9.17) is 11.6 Å². The van der Waals surface area contributed by atoms with E-state index in [1.54, 1.807) is 13.0 Å². The molecular weight excluding hydrogens is 311 g/mol. The maximum absolute atomic E-state index is 13.3. The first-order chi connectivity index (χ1) is 10.4. The molecule has 3 N–H and O–H groups in total. The van der Waals surface area contributed by atoms with E-state index in [2.05, 4.69) is 10.3 Å². The maximum atomic E-state index is 13.3. The quantitative estimate of drug-likeness (QED) is 0.804. The molecule has 0 fully saturated rings. The predicted molar refractivity (Wildman–Crippen MR) is 80.5 cm³/mol. The number of pyridine rings is 1. The molecule has 0 saturated carbocycles. The van der Waals surface area contributed by atoms with Crippen LogP contribution in [-0.4, -0.2) is 22.5 Å². The summed E-state index contributed by atoms with van der Waals surface area (Å²) in [5, 5.41) is 12.4. The van der Waals surface area contributed by atoms with Crippen molar-refractivity contribution in [2.45, 2.75) is 13.0 Å². The van der Waals surface area contributed by atoms with Crippen LogP contribution in [0.2, 0.25) is 5.02 Å². The third kappa shape index (κ3) is 3.52. The van der Waals surface area contributed by atoms with Gasteiger partial charge in [-0.15, -0.1) is 0 Å². The summed E-state index contributed by atoms with van der Waals surface area (Å²) >= 11 is 5.56. The first kappa shape index (κ1) is 16.2. The van der Waals surface area contributed by atoms with E-state index in [0.717, 1.165) is 6.07 Å². The summed E-state index contributed by atoms with van der Waals surface area (Å²) in [7, 11) is 0. The molecule has 0 saturated heterocycles. The molecule has 0 radical (unpaired) electrons. The van der Waals surface area contributed by atoms with Crippen LogP contribution in [0.25, 0.3) is 0 Å². The second-order valence-corrected chi connectivity index (χ2v) is 5.17. The van der Waals surface area contributed by atoms with Gasteiger partial charge < -0.3 is 15.4 Å². The molecule has 1 heterocycles. The smallest absolute Gasteiger partial charge is 0.261 e. The molecule has 1 amide bonds. The van der Waals surface area contributed by atoms with Gasteiger partial charge in [-0.05, 0) is 36.2 Å². The van der Waals surface area contributed by atoms with E-state index in [0.29, 0.717) is 5.56 Å². The fourth-order valence-electron chi connectivity index (χ4n) is 1.97. The highest BCUT2D eigenvalue weighted by Gasteiger charge is 2.16. The minimum Gasteiger partial charge on any atom is -0.387 e. The van der Waals surface area contributed by atoms with Crippen molar-refractivity contribution in [2.75, 3.05) is 6.54 Å². The topological polar surface area (TPSA) is 82.2 Å². The molecule has 0 bridgehead atoms. The van der Waals surface area contributed by atoms with Crippen LogP contribution >= 0.6 is 11.6 Å². The third-order valence-electron chi connectivity index (χ3n) is 3.18. The van der Waals surface area contributed by atoms with Gasteiger partial charge in [-0.25, -0.2) is 4.39 Å². The van der Waals surface area contributed by atoms with Gasteiger partial charge in [-0.3, -0.25) is 9.59 Å². The molecule has 0 aliphatic rings. The van der Waals surface area contributed by atoms with Crippen molar-refractivity contribution in [1.29, 1.82) is 0 Å². The van der Waals surface area contributed by atoms with Crippen LogP contribution in [0, 0.1) is 12.7 Å². The average Bonchev–Trinajstić information content (AvgIpc) is 2.47. The fraction of sp³-hybridized carbons (Fsp3) is 0.200. The number of nitrogens with one attached hydrogen (secondary N) is 2. The van der Waals surface area contributed by atoms with E-state index in [1.165, 1.54) is 18.3 Å². The number of aromatic nitrogens is 1. The van der Waals surface area contributed by atoms with Crippen LogP contribution in [-0.2, 0) is 0 Å². The normalized spacial score (nSPS) is 12.0. The Hall–Kier alpha value is -2.18. The number of aliphatic hydroxyl groups excluding tert-OH is 1. The molecule has 2 rings (SSSR count). The Labute approximate surface area is 130 Å². The molecule has 0 spiro atoms. The molecule has 1 atom stereocenters. The number of carbonyl (C=O) groups is 1. The van der Waals surface area contributed by atoms with Gasteiger partial charge in [0.25, 0.3) is 11.5 Å². The number of benzene rings is 1. The highest BCUT2D eigenvalue weighted by molar-refractivity contribution is 6.30. The monoisotopic (exact) mass is 324 g/mol. The Kier molecular flexibility index (Phi) is 4.95. The molecule has 2 aromatic rings. The van der Waals surface area contributed by atoms with E-state index < -0.39 is 23.4 Å². The Morgan fingerprint density at radius 3 is 2.82 bits per heavy atom. The number of hydrogen-bond acceptors (Lipinski definition) is 3. The van der Waals surface area contributed by atoms with Gasteiger partial charge in [-0.2, -0.15) is 0 Å². The second kappa shape index (κ2) is 6.72. The fourth-order valence-corrected chi connectivity index (χ4v) is 2.09. The van der Waals surface area contributed by atoms with Crippen LogP contribution < -0.4 is 10.9 Å². The Morgan fingerprint density at radius 2 is 2.18 bits per heavy atom. The van der Waals surface area contributed by atoms with Crippen molar-refractivity contribution in [2.24, 2.45) is 0 Å². The summed E-state index contributed by atoms with van der Waals surface area (Å²) < 4.78 is 13.3. The maximum Gasteiger partial charge on any atom is 0.261 e. The van der Waals surface area contributed by atoms with Crippen LogP contribution in [0.15, 0.2) is 35.3 Å². The van der Waals surface area contributed by atoms with Gasteiger partial charge in [0.2, 0.25) is 0 Å². The van der Waals surface area contributed by atoms with E-state index in [1.807, 2.05) is 0 Å². The molecule has 1 unspecified atom stereocenters. The van der Waals surface area contributed by atoms with Gasteiger partial charge in [0.15, 0.2) is 0 Å². The number of aromatic amines is 1. The summed E-state index contributed by atoms with van der Waals surface area (Å²) in [6, 6.07) is 5.48. The first-order valence-electron chi connectivity index (χ1n) is 6.49. The van der Waals surface area contributed by atoms with Crippen molar-refractivity contribution in [3.05, 3.63) is 68.3 Å². The van der Waals surface area contributed by atoms with Gasteiger partial charge in [0.1, 0.15) is 11.4 Å². The van der Waals surface area contributed by atoms with Crippen LogP contribution in [0.5, 0.6) is 0 Å². The zero-order valence-corrected chi connectivity index (χ0v) is 12.4. The molecule has 0 aliphatic heterocycles. The van der Waals surface area contributed by atoms with Crippen molar-refractivity contribution in [3.8, 4) is 0 Å². The van der Waals surface area contributed by atoms with Crippen molar-refractivity contribution in [1.82, 2.24) is 10.3 Å². The third-order valence-corrected chi connectivity index (χ3v) is 3.49. The number of aliphatic hydroxyl groups is 1. The Balaban J connectivity index is 2.07. The molecule has 116 valence electrons. The Bertz CT molecular complexity index is 761. The average molecular weight is 325 g/mol. The molecule has 1 aromatic heterocycles. The van der Waals surface area contributed by atoms with Crippen LogP contribution in [0.4, 0.5) is 4.39 Å². The van der Waals surface area contributed by atoms with Crippen molar-refractivity contribution >= 4 is 17.5 Å². The summed E-state index contributed by atoms with van der Waals surface area (Å²) in [6.07, 6.45) is 0.332. The SMILES string of the molecule is Cc1cc[nH]c(=O)c1C(=O)NCC(O)c1ccc(Cl)c(F)c1. The lowest BCUT2D eigenvalue weighted by Gasteiger charge is -2.13. The molecule has 5 nitrogen and oxygen atoms in total. The number of H-pyrrole nitrogens is 1. The lowest BCUT2D eigenvalue weighted by molar-refractivity contribution is 0.0914. The predicted octanol–water partition coefficient (Wildman–Crippen LogP) is 1.94. The standard InChI is InChI=1S/C15H14ClFN2O3/c1-8-4-5-18-14(21)13(8)15(22)19-7-12(20)9-2-3-10(16)11(17)6-9/h2-6,12,20H,7H2,1H3,(H,18,21)(H,19,22). The molecule has 1 aromatic carbocycles. The molecule has 0 aliphatic carbocycles. The summed E-state index contributed by atoms with van der Waals surface area (Å²) in [5.74, 6) is -1.26. The largest absolute Gasteiger partial charge is 0.387 e. The zero-order chi connectivity index (χ0) is 16.3. The van der Waals surface area contributed by atoms with E-state index in [9.17, 15) is 19.1 Å². The lowest BCUT2D eigenvalue weighted by atomic mass is 10.1. The first-order valence-corrected chi connectivity index (χ1v) is 6.87. The highest BCUT2D eigenvalue weighted by Crippen LogP contribution is 2.19. The van der Waals surface area contributed by atoms with E-state index >= 15 is 0 Å². The highest BCUT2D eigenvalue weighted by atomic mass is 35.5. The zero-order valence-electron chi connectivity index (χ0n) is 11.7. The summed E-state index contributed by atoms with van der Waals surface area (Å²) in [5.41, 5.74) is 0.274. The number of amides is 1. The summed E-state index contributed by atoms with van der Waals surface area (Å²) in [6.45, 7) is 1.48. The number of rotatable bonds is 4. The molecule has 7 heteroatoms. The van der Waals surface area contributed by atoms with Gasteiger partial charge in [0.05, 0.1) is 11.1 Å². The van der Waals surface area contributed by atoms with Crippen molar-refractivity contribution in [3.63, 3.8) is 0 Å². The molecular formula is C15H14ClFN2O3. The lowest BCUT2D eigenvalue weighted by Crippen LogP contribution is -2.33. The minimum atomic E-state index is -1.11. The molecule has 22 heavy (non-hydrogen) atoms. The minimum absolute atomic E-state index is 0.0167. The number of hydrogen-bond donors (Lipinski definition) is 3. The summed E-state index contributed by atoms with van der Waals surface area (Å²) in [4.78, 5) is 26.1. The van der Waals surface area contributed by atoms with Crippen molar-refractivity contribution < 1.29 is 14.3 Å². The van der Waals surface area contributed by atoms with Gasteiger partial charge in [0, 0.05) is 12.7 Å². The van der Waals surface area contributed by atoms with Crippen LogP contribution in [0.1, 0.15) is 27.6 Å².